The summed E-state index contributed by atoms with van der Waals surface area (Å²) in [5.41, 5.74) is -0.537. The van der Waals surface area contributed by atoms with Gasteiger partial charge >= 0.3 is 12.6 Å². The zero-order valence-corrected chi connectivity index (χ0v) is 17.4. The molecular weight excluding hydrogens is 426 g/mol. The number of imide groups is 1. The van der Waals surface area contributed by atoms with Crippen LogP contribution in [0.4, 0.5) is 13.6 Å². The van der Waals surface area contributed by atoms with E-state index in [1.807, 2.05) is 0 Å². The van der Waals surface area contributed by atoms with Gasteiger partial charge in [0.25, 0.3) is 5.91 Å². The van der Waals surface area contributed by atoms with Gasteiger partial charge in [-0.3, -0.25) is 14.5 Å². The highest BCUT2D eigenvalue weighted by Crippen LogP contribution is 2.30. The van der Waals surface area contributed by atoms with E-state index >= 15 is 0 Å². The number of hydrogen-bond acceptors (Lipinski definition) is 6. The number of nitrogens with one attached hydrogen (secondary N) is 1. The first-order valence-corrected chi connectivity index (χ1v) is 9.71. The number of benzene rings is 2. The number of β-amino-alcohol motifs (C(OH)–C–C–N with tert-alkyl or cyclic N) is 1. The molecule has 32 heavy (non-hydrogen) atoms. The van der Waals surface area contributed by atoms with Crippen molar-refractivity contribution in [3.63, 3.8) is 0 Å². The summed E-state index contributed by atoms with van der Waals surface area (Å²) in [6.07, 6.45) is -1.17. The molecule has 10 heteroatoms. The van der Waals surface area contributed by atoms with Crippen molar-refractivity contribution in [1.29, 1.82) is 0 Å². The van der Waals surface area contributed by atoms with Crippen LogP contribution in [0.1, 0.15) is 29.8 Å². The number of ketones is 1. The van der Waals surface area contributed by atoms with Gasteiger partial charge in [0.1, 0.15) is 29.7 Å². The van der Waals surface area contributed by atoms with E-state index in [2.05, 4.69) is 10.1 Å². The Morgan fingerprint density at radius 2 is 1.69 bits per heavy atom. The lowest BCUT2D eigenvalue weighted by Crippen LogP contribution is -2.42. The second-order valence-electron chi connectivity index (χ2n) is 7.42. The molecule has 2 aromatic carbocycles. The van der Waals surface area contributed by atoms with Gasteiger partial charge in [-0.1, -0.05) is 12.1 Å². The standard InChI is InChI=1S/C22H22F2N2O6/c1-13(27)14-3-7-17(8-4-14)31-12-16(28)11-26-19(29)22(2,25-21(26)30)15-5-9-18(10-6-15)32-20(23)24/h3-10,16,20,28H,11-12H2,1-2H3,(H,25,30). The molecule has 170 valence electrons. The minimum atomic E-state index is -2.98. The van der Waals surface area contributed by atoms with E-state index in [0.717, 1.165) is 4.90 Å². The molecule has 0 aliphatic carbocycles. The van der Waals surface area contributed by atoms with Crippen LogP contribution >= 0.6 is 0 Å². The Morgan fingerprint density at radius 1 is 1.09 bits per heavy atom. The summed E-state index contributed by atoms with van der Waals surface area (Å²) in [7, 11) is 0. The molecule has 2 aromatic rings. The number of carbonyl (C=O) groups is 3. The second kappa shape index (κ2) is 9.31. The van der Waals surface area contributed by atoms with Crippen LogP contribution in [0.5, 0.6) is 11.5 Å². The molecule has 8 nitrogen and oxygen atoms in total. The van der Waals surface area contributed by atoms with Crippen molar-refractivity contribution in [3.8, 4) is 11.5 Å². The van der Waals surface area contributed by atoms with Crippen molar-refractivity contribution in [1.82, 2.24) is 10.2 Å². The Balaban J connectivity index is 1.61. The number of halogens is 2. The zero-order valence-electron chi connectivity index (χ0n) is 17.4. The van der Waals surface area contributed by atoms with E-state index in [0.29, 0.717) is 16.9 Å². The maximum absolute atomic E-state index is 12.9. The van der Waals surface area contributed by atoms with Gasteiger partial charge < -0.3 is 19.9 Å². The Morgan fingerprint density at radius 3 is 2.25 bits per heavy atom. The highest BCUT2D eigenvalue weighted by molar-refractivity contribution is 6.07. The fourth-order valence-corrected chi connectivity index (χ4v) is 3.27. The number of Topliss-reactive ketones (excluding diaryl/α,β-unsaturated/α-hetero) is 1. The van der Waals surface area contributed by atoms with Gasteiger partial charge in [0.15, 0.2) is 5.78 Å². The summed E-state index contributed by atoms with van der Waals surface area (Å²) >= 11 is 0. The average molecular weight is 448 g/mol. The second-order valence-corrected chi connectivity index (χ2v) is 7.42. The molecule has 0 radical (unpaired) electrons. The van der Waals surface area contributed by atoms with Crippen molar-refractivity contribution in [2.24, 2.45) is 0 Å². The van der Waals surface area contributed by atoms with Crippen LogP contribution in [-0.4, -0.2) is 53.6 Å². The normalized spacial score (nSPS) is 19.1. The lowest BCUT2D eigenvalue weighted by atomic mass is 9.92. The number of aliphatic hydroxyl groups excluding tert-OH is 1. The minimum absolute atomic E-state index is 0.0788. The molecule has 3 amide bonds. The number of alkyl halides is 2. The summed E-state index contributed by atoms with van der Waals surface area (Å²) < 4.78 is 34.4. The quantitative estimate of drug-likeness (QED) is 0.452. The highest BCUT2D eigenvalue weighted by Gasteiger charge is 2.49. The minimum Gasteiger partial charge on any atom is -0.491 e. The number of rotatable bonds is 9. The summed E-state index contributed by atoms with van der Waals surface area (Å²) in [6.45, 7) is -0.548. The van der Waals surface area contributed by atoms with E-state index in [9.17, 15) is 28.3 Å². The van der Waals surface area contributed by atoms with E-state index < -0.39 is 30.2 Å². The molecule has 0 aromatic heterocycles. The summed E-state index contributed by atoms with van der Waals surface area (Å²) in [6, 6.07) is 11.0. The predicted octanol–water partition coefficient (Wildman–Crippen LogP) is 2.70. The van der Waals surface area contributed by atoms with Crippen molar-refractivity contribution >= 4 is 17.7 Å². The smallest absolute Gasteiger partial charge is 0.387 e. The Labute approximate surface area is 182 Å². The third kappa shape index (κ3) is 5.02. The third-order valence-corrected chi connectivity index (χ3v) is 5.03. The van der Waals surface area contributed by atoms with Crippen molar-refractivity contribution < 1.29 is 37.7 Å². The fraction of sp³-hybridized carbons (Fsp3) is 0.318. The number of hydrogen-bond donors (Lipinski definition) is 2. The number of carbonyl (C=O) groups excluding carboxylic acids is 3. The molecule has 0 bridgehead atoms. The van der Waals surface area contributed by atoms with Crippen molar-refractivity contribution in [2.45, 2.75) is 32.1 Å². The van der Waals surface area contributed by atoms with Gasteiger partial charge in [0.2, 0.25) is 0 Å². The lowest BCUT2D eigenvalue weighted by Gasteiger charge is -2.23. The van der Waals surface area contributed by atoms with Crippen LogP contribution in [0.25, 0.3) is 0 Å². The first-order chi connectivity index (χ1) is 15.1. The third-order valence-electron chi connectivity index (χ3n) is 5.03. The van der Waals surface area contributed by atoms with Gasteiger partial charge in [0.05, 0.1) is 6.54 Å². The Kier molecular flexibility index (Phi) is 6.73. The maximum atomic E-state index is 12.9. The van der Waals surface area contributed by atoms with Crippen LogP contribution in [0.2, 0.25) is 0 Å². The molecule has 1 saturated heterocycles. The van der Waals surface area contributed by atoms with Gasteiger partial charge in [-0.15, -0.1) is 0 Å². The molecule has 2 atom stereocenters. The highest BCUT2D eigenvalue weighted by atomic mass is 19.3. The molecule has 0 saturated carbocycles. The van der Waals surface area contributed by atoms with Crippen molar-refractivity contribution in [3.05, 3.63) is 59.7 Å². The largest absolute Gasteiger partial charge is 0.491 e. The monoisotopic (exact) mass is 448 g/mol. The summed E-state index contributed by atoms with van der Waals surface area (Å²) in [5, 5.41) is 12.8. The van der Waals surface area contributed by atoms with Crippen LogP contribution in [0.3, 0.4) is 0 Å². The first kappa shape index (κ1) is 23.1. The lowest BCUT2D eigenvalue weighted by molar-refractivity contribution is -0.132. The summed E-state index contributed by atoms with van der Waals surface area (Å²) in [5.74, 6) is -0.351. The molecule has 1 aliphatic rings. The Bertz CT molecular complexity index is 996. The fourth-order valence-electron chi connectivity index (χ4n) is 3.27. The van der Waals surface area contributed by atoms with Gasteiger partial charge in [-0.2, -0.15) is 8.78 Å². The molecule has 1 aliphatic heterocycles. The maximum Gasteiger partial charge on any atom is 0.387 e. The van der Waals surface area contributed by atoms with Crippen molar-refractivity contribution in [2.75, 3.05) is 13.2 Å². The molecule has 3 rings (SSSR count). The first-order valence-electron chi connectivity index (χ1n) is 9.71. The predicted molar refractivity (Wildman–Crippen MR) is 109 cm³/mol. The van der Waals surface area contributed by atoms with E-state index in [1.54, 1.807) is 24.3 Å². The van der Waals surface area contributed by atoms with Crippen LogP contribution in [0.15, 0.2) is 48.5 Å². The van der Waals surface area contributed by atoms with E-state index in [-0.39, 0.29) is 24.7 Å². The number of ether oxygens (including phenoxy) is 2. The summed E-state index contributed by atoms with van der Waals surface area (Å²) in [4.78, 5) is 37.5. The van der Waals surface area contributed by atoms with E-state index in [4.69, 9.17) is 4.74 Å². The number of nitrogens with zero attached hydrogens (tertiary/aromatic N) is 1. The molecule has 1 fully saturated rings. The molecule has 2 N–H and O–H groups in total. The average Bonchev–Trinajstić information content (AvgIpc) is 2.96. The van der Waals surface area contributed by atoms with Crippen LogP contribution < -0.4 is 14.8 Å². The van der Waals surface area contributed by atoms with E-state index in [1.165, 1.54) is 38.1 Å². The van der Waals surface area contributed by atoms with Crippen LogP contribution in [0, 0.1) is 0 Å². The number of amides is 3. The molecule has 1 heterocycles. The molecule has 2 unspecified atom stereocenters. The SMILES string of the molecule is CC(=O)c1ccc(OCC(O)CN2C(=O)NC(C)(c3ccc(OC(F)F)cc3)C2=O)cc1. The van der Waals surface area contributed by atoms with Gasteiger partial charge in [0, 0.05) is 5.56 Å². The zero-order chi connectivity index (χ0) is 23.5. The molecular formula is C22H22F2N2O6. The number of urea groups is 1. The van der Waals surface area contributed by atoms with Gasteiger partial charge in [-0.05, 0) is 55.8 Å². The topological polar surface area (TPSA) is 105 Å². The molecule has 0 spiro atoms. The Hall–Kier alpha value is -3.53. The van der Waals surface area contributed by atoms with Crippen LogP contribution in [-0.2, 0) is 10.3 Å². The number of aliphatic hydroxyl groups is 1. The van der Waals surface area contributed by atoms with Gasteiger partial charge in [-0.25, -0.2) is 4.79 Å².